The van der Waals surface area contributed by atoms with Crippen LogP contribution in [0.1, 0.15) is 39.2 Å². The first kappa shape index (κ1) is 16.5. The second kappa shape index (κ2) is 7.29. The number of hydrogen-bond donors (Lipinski definition) is 0. The molecule has 1 rings (SSSR count). The Morgan fingerprint density at radius 1 is 1.00 bits per heavy atom. The number of halogens is 1. The van der Waals surface area contributed by atoms with Crippen molar-refractivity contribution in [1.29, 1.82) is 0 Å². The van der Waals surface area contributed by atoms with Crippen LogP contribution in [0.15, 0.2) is 24.3 Å². The molecular formula is C15H19ClO4. The van der Waals surface area contributed by atoms with Gasteiger partial charge in [0.05, 0.1) is 12.2 Å². The summed E-state index contributed by atoms with van der Waals surface area (Å²) in [4.78, 5) is 24.2. The van der Waals surface area contributed by atoms with Gasteiger partial charge >= 0.3 is 11.9 Å². The third-order valence-corrected chi connectivity index (χ3v) is 2.59. The molecule has 110 valence electrons. The summed E-state index contributed by atoms with van der Waals surface area (Å²) in [7, 11) is 0. The Hall–Kier alpha value is -1.55. The smallest absolute Gasteiger partial charge is 0.325 e. The van der Waals surface area contributed by atoms with Crippen molar-refractivity contribution in [1.82, 2.24) is 0 Å². The van der Waals surface area contributed by atoms with Gasteiger partial charge in [-0.1, -0.05) is 23.7 Å². The first-order valence-corrected chi connectivity index (χ1v) is 6.85. The van der Waals surface area contributed by atoms with E-state index in [1.807, 2.05) is 0 Å². The minimum atomic E-state index is -1.11. The van der Waals surface area contributed by atoms with Crippen molar-refractivity contribution < 1.29 is 19.1 Å². The van der Waals surface area contributed by atoms with Gasteiger partial charge in [0.1, 0.15) is 0 Å². The van der Waals surface area contributed by atoms with Crippen LogP contribution in [0.3, 0.4) is 0 Å². The van der Waals surface area contributed by atoms with E-state index in [4.69, 9.17) is 21.1 Å². The lowest BCUT2D eigenvalue weighted by Gasteiger charge is -2.18. The fourth-order valence-electron chi connectivity index (χ4n) is 1.66. The number of rotatable bonds is 5. The average molecular weight is 299 g/mol. The number of esters is 2. The van der Waals surface area contributed by atoms with E-state index in [9.17, 15) is 9.59 Å². The van der Waals surface area contributed by atoms with Gasteiger partial charge in [-0.15, -0.1) is 0 Å². The quantitative estimate of drug-likeness (QED) is 0.618. The zero-order valence-electron chi connectivity index (χ0n) is 12.1. The van der Waals surface area contributed by atoms with Crippen molar-refractivity contribution in [2.45, 2.75) is 45.8 Å². The molecule has 20 heavy (non-hydrogen) atoms. The first-order valence-electron chi connectivity index (χ1n) is 6.47. The number of ether oxygens (including phenoxy) is 2. The molecule has 0 heterocycles. The third-order valence-electron chi connectivity index (χ3n) is 2.36. The second-order valence-corrected chi connectivity index (χ2v) is 5.40. The van der Waals surface area contributed by atoms with E-state index in [-0.39, 0.29) is 12.2 Å². The maximum atomic E-state index is 12.1. The van der Waals surface area contributed by atoms with Gasteiger partial charge < -0.3 is 9.47 Å². The predicted octanol–water partition coefficient (Wildman–Crippen LogP) is 3.33. The SMILES string of the molecule is CC(C)OC(=O)C(C(=O)OC(C)C)c1cccc(Cl)c1. The molecule has 4 nitrogen and oxygen atoms in total. The molecule has 0 aliphatic heterocycles. The van der Waals surface area contributed by atoms with Crippen molar-refractivity contribution in [3.8, 4) is 0 Å². The number of carbonyl (C=O) groups excluding carboxylic acids is 2. The van der Waals surface area contributed by atoms with Gasteiger partial charge in [0, 0.05) is 5.02 Å². The van der Waals surface area contributed by atoms with E-state index < -0.39 is 17.9 Å². The number of benzene rings is 1. The van der Waals surface area contributed by atoms with Crippen molar-refractivity contribution in [2.24, 2.45) is 0 Å². The van der Waals surface area contributed by atoms with Crippen molar-refractivity contribution in [3.05, 3.63) is 34.9 Å². The summed E-state index contributed by atoms with van der Waals surface area (Å²) >= 11 is 5.91. The molecule has 0 amide bonds. The Kier molecular flexibility index (Phi) is 6.02. The van der Waals surface area contributed by atoms with Crippen LogP contribution < -0.4 is 0 Å². The Bertz CT molecular complexity index is 461. The summed E-state index contributed by atoms with van der Waals surface area (Å²) in [6.07, 6.45) is -0.618. The summed E-state index contributed by atoms with van der Waals surface area (Å²) in [5, 5.41) is 0.446. The van der Waals surface area contributed by atoms with Gasteiger partial charge in [-0.25, -0.2) is 0 Å². The Labute approximate surface area is 124 Å². The highest BCUT2D eigenvalue weighted by molar-refractivity contribution is 6.30. The molecular weight excluding hydrogens is 280 g/mol. The summed E-state index contributed by atoms with van der Waals surface area (Å²) in [5.74, 6) is -2.38. The highest BCUT2D eigenvalue weighted by Crippen LogP contribution is 2.23. The third kappa shape index (κ3) is 4.85. The monoisotopic (exact) mass is 298 g/mol. The zero-order chi connectivity index (χ0) is 15.3. The van der Waals surface area contributed by atoms with Crippen LogP contribution in [0, 0.1) is 0 Å². The standard InChI is InChI=1S/C15H19ClO4/c1-9(2)19-14(17)13(15(18)20-10(3)4)11-6-5-7-12(16)8-11/h5-10,13H,1-4H3. The molecule has 0 saturated heterocycles. The molecule has 0 atom stereocenters. The van der Waals surface area contributed by atoms with Crippen molar-refractivity contribution >= 4 is 23.5 Å². The van der Waals surface area contributed by atoms with E-state index in [2.05, 4.69) is 0 Å². The summed E-state index contributed by atoms with van der Waals surface area (Å²) in [6.45, 7) is 6.89. The molecule has 5 heteroatoms. The highest BCUT2D eigenvalue weighted by atomic mass is 35.5. The number of carbonyl (C=O) groups is 2. The lowest BCUT2D eigenvalue weighted by Crippen LogP contribution is -2.29. The van der Waals surface area contributed by atoms with Crippen molar-refractivity contribution in [3.63, 3.8) is 0 Å². The fourth-order valence-corrected chi connectivity index (χ4v) is 1.85. The molecule has 0 aromatic heterocycles. The molecule has 0 spiro atoms. The normalized spacial score (nSPS) is 11.0. The van der Waals surface area contributed by atoms with Crippen LogP contribution in [0.5, 0.6) is 0 Å². The van der Waals surface area contributed by atoms with E-state index in [0.29, 0.717) is 10.6 Å². The van der Waals surface area contributed by atoms with E-state index in [0.717, 1.165) is 0 Å². The predicted molar refractivity (Wildman–Crippen MR) is 76.6 cm³/mol. The van der Waals surface area contributed by atoms with Gasteiger partial charge in [-0.05, 0) is 45.4 Å². The van der Waals surface area contributed by atoms with Gasteiger partial charge in [-0.2, -0.15) is 0 Å². The lowest BCUT2D eigenvalue weighted by atomic mass is 9.99. The van der Waals surface area contributed by atoms with Gasteiger partial charge in [0.2, 0.25) is 0 Å². The van der Waals surface area contributed by atoms with Crippen LogP contribution in [0.25, 0.3) is 0 Å². The molecule has 0 fully saturated rings. The van der Waals surface area contributed by atoms with Crippen LogP contribution in [0.2, 0.25) is 5.02 Å². The summed E-state index contributed by atoms with van der Waals surface area (Å²) < 4.78 is 10.3. The molecule has 0 bridgehead atoms. The highest BCUT2D eigenvalue weighted by Gasteiger charge is 2.32. The average Bonchev–Trinajstić information content (AvgIpc) is 2.26. The maximum absolute atomic E-state index is 12.1. The molecule has 0 unspecified atom stereocenters. The molecule has 0 radical (unpaired) electrons. The second-order valence-electron chi connectivity index (χ2n) is 4.96. The van der Waals surface area contributed by atoms with Gasteiger partial charge in [0.25, 0.3) is 0 Å². The van der Waals surface area contributed by atoms with E-state index in [1.165, 1.54) is 0 Å². The molecule has 1 aromatic carbocycles. The Morgan fingerprint density at radius 2 is 1.50 bits per heavy atom. The Balaban J connectivity index is 3.07. The topological polar surface area (TPSA) is 52.6 Å². The molecule has 0 aliphatic rings. The minimum Gasteiger partial charge on any atom is -0.462 e. The summed E-state index contributed by atoms with van der Waals surface area (Å²) in [5.41, 5.74) is 0.466. The van der Waals surface area contributed by atoms with Gasteiger partial charge in [0.15, 0.2) is 5.92 Å². The van der Waals surface area contributed by atoms with Crippen LogP contribution in [0.4, 0.5) is 0 Å². The van der Waals surface area contributed by atoms with E-state index >= 15 is 0 Å². The number of hydrogen-bond acceptors (Lipinski definition) is 4. The Morgan fingerprint density at radius 3 is 1.90 bits per heavy atom. The molecule has 0 N–H and O–H groups in total. The maximum Gasteiger partial charge on any atom is 0.325 e. The molecule has 0 saturated carbocycles. The zero-order valence-corrected chi connectivity index (χ0v) is 12.8. The first-order chi connectivity index (χ1) is 9.31. The fraction of sp³-hybridized carbons (Fsp3) is 0.467. The van der Waals surface area contributed by atoms with E-state index in [1.54, 1.807) is 52.0 Å². The van der Waals surface area contributed by atoms with Crippen LogP contribution in [-0.2, 0) is 19.1 Å². The molecule has 0 aliphatic carbocycles. The van der Waals surface area contributed by atoms with Crippen molar-refractivity contribution in [2.75, 3.05) is 0 Å². The van der Waals surface area contributed by atoms with Crippen LogP contribution in [-0.4, -0.2) is 24.1 Å². The summed E-state index contributed by atoms with van der Waals surface area (Å²) in [6, 6.07) is 6.56. The largest absolute Gasteiger partial charge is 0.462 e. The molecule has 1 aromatic rings. The minimum absolute atomic E-state index is 0.309. The van der Waals surface area contributed by atoms with Crippen LogP contribution >= 0.6 is 11.6 Å². The lowest BCUT2D eigenvalue weighted by molar-refractivity contribution is -0.161. The van der Waals surface area contributed by atoms with Gasteiger partial charge in [-0.3, -0.25) is 9.59 Å².